The molecule has 0 aliphatic carbocycles. The van der Waals surface area contributed by atoms with Crippen LogP contribution in [0.25, 0.3) is 10.9 Å². The van der Waals surface area contributed by atoms with Crippen molar-refractivity contribution < 1.29 is 9.18 Å². The summed E-state index contributed by atoms with van der Waals surface area (Å²) >= 11 is 1.37. The van der Waals surface area contributed by atoms with Crippen molar-refractivity contribution in [1.29, 1.82) is 0 Å². The monoisotopic (exact) mass is 346 g/mol. The van der Waals surface area contributed by atoms with Crippen molar-refractivity contribution in [3.63, 3.8) is 0 Å². The molecule has 1 amide bonds. The van der Waals surface area contributed by atoms with E-state index >= 15 is 0 Å². The molecule has 7 heteroatoms. The normalized spacial score (nSPS) is 12.7. The Morgan fingerprint density at radius 3 is 2.88 bits per heavy atom. The van der Waals surface area contributed by atoms with E-state index in [-0.39, 0.29) is 11.7 Å². The first-order chi connectivity index (χ1) is 11.5. The first-order valence-corrected chi connectivity index (χ1v) is 8.68. The molecule has 1 aromatic carbocycles. The van der Waals surface area contributed by atoms with Crippen LogP contribution in [0.15, 0.2) is 29.8 Å². The molecular formula is C17H19FN4OS. The van der Waals surface area contributed by atoms with Gasteiger partial charge in [-0.25, -0.2) is 9.37 Å². The van der Waals surface area contributed by atoms with Gasteiger partial charge in [0.2, 0.25) is 0 Å². The molecule has 0 radical (unpaired) electrons. The van der Waals surface area contributed by atoms with E-state index in [2.05, 4.69) is 29.2 Å². The lowest BCUT2D eigenvalue weighted by atomic mass is 10.0. The van der Waals surface area contributed by atoms with Crippen LogP contribution in [-0.2, 0) is 4.79 Å². The second kappa shape index (κ2) is 6.68. The van der Waals surface area contributed by atoms with Crippen LogP contribution < -0.4 is 5.32 Å². The topological polar surface area (TPSA) is 59.8 Å². The van der Waals surface area contributed by atoms with Crippen LogP contribution in [0.3, 0.4) is 0 Å². The first-order valence-electron chi connectivity index (χ1n) is 7.80. The Morgan fingerprint density at radius 2 is 2.21 bits per heavy atom. The van der Waals surface area contributed by atoms with Crippen molar-refractivity contribution in [3.8, 4) is 0 Å². The van der Waals surface area contributed by atoms with Crippen LogP contribution in [0, 0.1) is 18.7 Å². The number of carbonyl (C=O) groups is 1. The first kappa shape index (κ1) is 16.6. The highest BCUT2D eigenvalue weighted by Gasteiger charge is 2.26. The van der Waals surface area contributed by atoms with Crippen LogP contribution in [0.4, 0.5) is 9.52 Å². The lowest BCUT2D eigenvalue weighted by molar-refractivity contribution is -0.120. The fraction of sp³-hybridized carbons (Fsp3) is 0.353. The summed E-state index contributed by atoms with van der Waals surface area (Å²) in [5, 5.41) is 10.5. The van der Waals surface area contributed by atoms with Gasteiger partial charge < -0.3 is 5.32 Å². The van der Waals surface area contributed by atoms with Crippen molar-refractivity contribution in [2.24, 2.45) is 5.92 Å². The number of thiazole rings is 1. The number of hydrogen-bond acceptors (Lipinski definition) is 4. The van der Waals surface area contributed by atoms with E-state index < -0.39 is 6.04 Å². The summed E-state index contributed by atoms with van der Waals surface area (Å²) in [6, 6.07) is 4.01. The maximum Gasteiger partial charge on any atom is 0.251 e. The second-order valence-corrected chi connectivity index (χ2v) is 7.06. The molecule has 0 aliphatic heterocycles. The maximum atomic E-state index is 13.5. The predicted octanol–water partition coefficient (Wildman–Crippen LogP) is 4.17. The van der Waals surface area contributed by atoms with Crippen LogP contribution in [0.5, 0.6) is 0 Å². The van der Waals surface area contributed by atoms with Crippen LogP contribution in [0.1, 0.15) is 32.0 Å². The molecule has 1 N–H and O–H groups in total. The van der Waals surface area contributed by atoms with Gasteiger partial charge >= 0.3 is 0 Å². The van der Waals surface area contributed by atoms with Gasteiger partial charge in [-0.1, -0.05) is 13.8 Å². The van der Waals surface area contributed by atoms with Gasteiger partial charge in [0.15, 0.2) is 5.13 Å². The molecule has 0 bridgehead atoms. The Kier molecular flexibility index (Phi) is 4.62. The van der Waals surface area contributed by atoms with Crippen molar-refractivity contribution in [2.45, 2.75) is 33.2 Å². The number of nitrogens with zero attached hydrogens (tertiary/aromatic N) is 3. The number of halogens is 1. The van der Waals surface area contributed by atoms with E-state index in [1.165, 1.54) is 23.5 Å². The number of benzene rings is 1. The number of anilines is 1. The fourth-order valence-electron chi connectivity index (χ4n) is 2.74. The standard InChI is InChI=1S/C17H19FN4OS/c1-10(2)8-15(16(23)20-17-19-6-7-24-17)22-11(3)13-9-12(18)4-5-14(13)21-22/h4-7,9-10,15H,8H2,1-3H3,(H,19,20,23). The largest absolute Gasteiger partial charge is 0.300 e. The number of fused-ring (bicyclic) bond motifs is 1. The third-order valence-electron chi connectivity index (χ3n) is 3.86. The summed E-state index contributed by atoms with van der Waals surface area (Å²) in [5.74, 6) is -0.159. The molecule has 126 valence electrons. The molecule has 3 aromatic rings. The summed E-state index contributed by atoms with van der Waals surface area (Å²) in [7, 11) is 0. The number of aromatic nitrogens is 3. The highest BCUT2D eigenvalue weighted by Crippen LogP contribution is 2.26. The number of rotatable bonds is 5. The number of nitrogens with one attached hydrogen (secondary N) is 1. The third-order valence-corrected chi connectivity index (χ3v) is 4.55. The van der Waals surface area contributed by atoms with Crippen molar-refractivity contribution >= 4 is 33.3 Å². The van der Waals surface area contributed by atoms with Gasteiger partial charge in [-0.15, -0.1) is 11.3 Å². The highest BCUT2D eigenvalue weighted by molar-refractivity contribution is 7.13. The van der Waals surface area contributed by atoms with Crippen LogP contribution in [-0.4, -0.2) is 20.7 Å². The molecule has 0 spiro atoms. The maximum absolute atomic E-state index is 13.5. The van der Waals surface area contributed by atoms with Crippen molar-refractivity contribution in [3.05, 3.63) is 41.3 Å². The zero-order valence-corrected chi connectivity index (χ0v) is 14.6. The molecule has 0 saturated heterocycles. The SMILES string of the molecule is Cc1c2cc(F)ccc2nn1C(CC(C)C)C(=O)Nc1nccs1. The molecule has 2 aromatic heterocycles. The summed E-state index contributed by atoms with van der Waals surface area (Å²) in [6.07, 6.45) is 2.28. The Balaban J connectivity index is 1.99. The Hall–Kier alpha value is -2.28. The van der Waals surface area contributed by atoms with Gasteiger partial charge in [0.05, 0.1) is 5.52 Å². The van der Waals surface area contributed by atoms with Gasteiger partial charge in [-0.05, 0) is 37.5 Å². The second-order valence-electron chi connectivity index (χ2n) is 6.16. The molecule has 24 heavy (non-hydrogen) atoms. The summed E-state index contributed by atoms with van der Waals surface area (Å²) in [5.41, 5.74) is 1.47. The van der Waals surface area contributed by atoms with Gasteiger partial charge in [-0.3, -0.25) is 9.48 Å². The van der Waals surface area contributed by atoms with Crippen LogP contribution >= 0.6 is 11.3 Å². The van der Waals surface area contributed by atoms with E-state index in [1.54, 1.807) is 16.9 Å². The molecular weight excluding hydrogens is 327 g/mol. The molecule has 0 fully saturated rings. The average molecular weight is 346 g/mol. The van der Waals surface area contributed by atoms with Gasteiger partial charge in [0, 0.05) is 22.7 Å². The molecule has 1 unspecified atom stereocenters. The minimum absolute atomic E-state index is 0.157. The lowest BCUT2D eigenvalue weighted by Crippen LogP contribution is -2.28. The molecule has 3 rings (SSSR count). The Morgan fingerprint density at radius 1 is 1.42 bits per heavy atom. The van der Waals surface area contributed by atoms with E-state index in [0.29, 0.717) is 23.0 Å². The summed E-state index contributed by atoms with van der Waals surface area (Å²) < 4.78 is 15.2. The average Bonchev–Trinajstić information content (AvgIpc) is 3.13. The van der Waals surface area contributed by atoms with E-state index in [9.17, 15) is 9.18 Å². The molecule has 1 atom stereocenters. The Labute approximate surface area is 143 Å². The molecule has 5 nitrogen and oxygen atoms in total. The zero-order valence-electron chi connectivity index (χ0n) is 13.8. The minimum atomic E-state index is -0.468. The minimum Gasteiger partial charge on any atom is -0.300 e. The van der Waals surface area contributed by atoms with E-state index in [1.807, 2.05) is 12.3 Å². The number of aryl methyl sites for hydroxylation is 1. The van der Waals surface area contributed by atoms with Gasteiger partial charge in [0.25, 0.3) is 5.91 Å². The smallest absolute Gasteiger partial charge is 0.251 e. The van der Waals surface area contributed by atoms with Gasteiger partial charge in [0.1, 0.15) is 11.9 Å². The van der Waals surface area contributed by atoms with E-state index in [0.717, 1.165) is 11.1 Å². The van der Waals surface area contributed by atoms with Crippen molar-refractivity contribution in [2.75, 3.05) is 5.32 Å². The Bertz CT molecular complexity index is 857. The quantitative estimate of drug-likeness (QED) is 0.754. The number of amides is 1. The molecule has 2 heterocycles. The number of carbonyl (C=O) groups excluding carboxylic acids is 1. The molecule has 0 aliphatic rings. The highest BCUT2D eigenvalue weighted by atomic mass is 32.1. The molecule has 0 saturated carbocycles. The van der Waals surface area contributed by atoms with Gasteiger partial charge in [-0.2, -0.15) is 5.10 Å². The van der Waals surface area contributed by atoms with Crippen molar-refractivity contribution in [1.82, 2.24) is 14.8 Å². The fourth-order valence-corrected chi connectivity index (χ4v) is 3.27. The lowest BCUT2D eigenvalue weighted by Gasteiger charge is -2.20. The number of hydrogen-bond donors (Lipinski definition) is 1. The van der Waals surface area contributed by atoms with Crippen LogP contribution in [0.2, 0.25) is 0 Å². The summed E-state index contributed by atoms with van der Waals surface area (Å²) in [4.78, 5) is 16.9. The third kappa shape index (κ3) is 3.31. The predicted molar refractivity (Wildman–Crippen MR) is 93.7 cm³/mol. The zero-order chi connectivity index (χ0) is 17.3. The summed E-state index contributed by atoms with van der Waals surface area (Å²) in [6.45, 7) is 5.97. The van der Waals surface area contributed by atoms with E-state index in [4.69, 9.17) is 0 Å².